The van der Waals surface area contributed by atoms with Crippen LogP contribution in [0.25, 0.3) is 43.1 Å². The average molecular weight is 1290 g/mol. The fraction of sp³-hybridized carbons (Fsp3) is 0.600. The second-order valence-corrected chi connectivity index (χ2v) is 26.0. The minimum atomic E-state index is -0.591. The number of carbonyl (C=O) groups excluding carboxylic acids is 4. The highest BCUT2D eigenvalue weighted by atomic mass is 16.6. The number of imide groups is 2. The highest BCUT2D eigenvalue weighted by Gasteiger charge is 2.40. The SMILES string of the molecule is CCCCCCCCCc1cccc(OCC(C)OCC(C)N2C(=O)c3ccc4c5ccc6c7c(ccc(c8ccc(c3c48)C2=O)c75)C(=O)N(C(C)COC(C)COC(C)COC(C)COC(C)COC(C)COC(C)COC(C)COC(C)COCCOC)C6=O)c1. The molecule has 0 bridgehead atoms. The van der Waals surface area contributed by atoms with E-state index in [1.165, 1.54) is 53.9 Å². The maximum absolute atomic E-state index is 14.5. The number of ether oxygens (including phenoxy) is 12. The molecule has 0 saturated carbocycles. The second kappa shape index (κ2) is 35.8. The summed E-state index contributed by atoms with van der Waals surface area (Å²) in [6.07, 6.45) is 8.33. The second-order valence-electron chi connectivity index (χ2n) is 26.0. The lowest BCUT2D eigenvalue weighted by Gasteiger charge is -2.34. The van der Waals surface area contributed by atoms with Gasteiger partial charge in [0.25, 0.3) is 23.6 Å². The molecule has 0 radical (unpaired) electrons. The van der Waals surface area contributed by atoms with Crippen molar-refractivity contribution in [1.29, 1.82) is 0 Å². The van der Waals surface area contributed by atoms with Gasteiger partial charge in [-0.3, -0.25) is 29.0 Å². The van der Waals surface area contributed by atoms with Crippen LogP contribution in [0.5, 0.6) is 5.75 Å². The topological polar surface area (TPSA) is 186 Å². The van der Waals surface area contributed by atoms with Gasteiger partial charge in [-0.05, 0) is 163 Å². The molecule has 2 aliphatic rings. The lowest BCUT2D eigenvalue weighted by atomic mass is 9.82. The summed E-state index contributed by atoms with van der Waals surface area (Å²) in [6, 6.07) is 21.9. The Kier molecular flexibility index (Phi) is 28.2. The van der Waals surface area contributed by atoms with Crippen LogP contribution in [0.3, 0.4) is 0 Å². The third kappa shape index (κ3) is 19.5. The number of nitrogens with zero attached hydrogens (tertiary/aromatic N) is 2. The van der Waals surface area contributed by atoms with E-state index < -0.39 is 23.9 Å². The number of unbranched alkanes of at least 4 members (excludes halogenated alkanes) is 6. The van der Waals surface area contributed by atoms with Gasteiger partial charge in [-0.15, -0.1) is 0 Å². The van der Waals surface area contributed by atoms with Crippen LogP contribution < -0.4 is 4.74 Å². The fourth-order valence-corrected chi connectivity index (χ4v) is 12.1. The number of amides is 4. The molecule has 0 fully saturated rings. The molecule has 0 spiro atoms. The molecule has 0 saturated heterocycles. The van der Waals surface area contributed by atoms with Gasteiger partial charge in [-0.25, -0.2) is 0 Å². The number of fused-ring (bicyclic) bond motifs is 2. The van der Waals surface area contributed by atoms with Crippen molar-refractivity contribution in [1.82, 2.24) is 9.80 Å². The zero-order valence-corrected chi connectivity index (χ0v) is 57.6. The van der Waals surface area contributed by atoms with E-state index in [4.69, 9.17) is 56.8 Å². The first kappa shape index (κ1) is 73.1. The number of methoxy groups -OCH3 is 1. The Bertz CT molecular complexity index is 3250. The molecule has 510 valence electrons. The van der Waals surface area contributed by atoms with Crippen LogP contribution in [0.4, 0.5) is 0 Å². The molecule has 6 aromatic rings. The van der Waals surface area contributed by atoms with Crippen LogP contribution in [-0.2, 0) is 58.5 Å². The molecular formula is C75H104N2O16. The summed E-state index contributed by atoms with van der Waals surface area (Å²) < 4.78 is 71.0. The first-order valence-electron chi connectivity index (χ1n) is 34.1. The molecular weight excluding hydrogens is 1180 g/mol. The van der Waals surface area contributed by atoms with Crippen LogP contribution in [0.1, 0.15) is 175 Å². The molecule has 93 heavy (non-hydrogen) atoms. The molecule has 0 N–H and O–H groups in total. The molecule has 8 rings (SSSR count). The van der Waals surface area contributed by atoms with Gasteiger partial charge in [-0.2, -0.15) is 0 Å². The molecule has 0 aromatic heterocycles. The number of hydrogen-bond donors (Lipinski definition) is 0. The van der Waals surface area contributed by atoms with Crippen molar-refractivity contribution >= 4 is 66.7 Å². The Morgan fingerprint density at radius 2 is 0.688 bits per heavy atom. The van der Waals surface area contributed by atoms with Crippen LogP contribution in [-0.4, -0.2) is 193 Å². The molecule has 18 nitrogen and oxygen atoms in total. The smallest absolute Gasteiger partial charge is 0.261 e. The molecule has 11 atom stereocenters. The normalized spacial score (nSPS) is 17.2. The van der Waals surface area contributed by atoms with Crippen LogP contribution in [0, 0.1) is 0 Å². The molecule has 2 aliphatic heterocycles. The van der Waals surface area contributed by atoms with E-state index in [1.807, 2.05) is 113 Å². The van der Waals surface area contributed by atoms with E-state index in [9.17, 15) is 19.2 Å². The van der Waals surface area contributed by atoms with Gasteiger partial charge < -0.3 is 56.8 Å². The zero-order chi connectivity index (χ0) is 66.7. The van der Waals surface area contributed by atoms with Crippen molar-refractivity contribution in [2.45, 2.75) is 201 Å². The predicted octanol–water partition coefficient (Wildman–Crippen LogP) is 13.4. The zero-order valence-electron chi connectivity index (χ0n) is 57.6. The van der Waals surface area contributed by atoms with Crippen molar-refractivity contribution < 1.29 is 76.0 Å². The highest BCUT2D eigenvalue weighted by molar-refractivity contribution is 6.41. The molecule has 0 aliphatic carbocycles. The summed E-state index contributed by atoms with van der Waals surface area (Å²) in [6.45, 7) is 28.4. The molecule has 11 unspecified atom stereocenters. The number of benzene rings is 6. The first-order valence-corrected chi connectivity index (χ1v) is 34.1. The Hall–Kier alpha value is -5.74. The van der Waals surface area contributed by atoms with Crippen molar-refractivity contribution in [3.05, 3.63) is 101 Å². The lowest BCUT2D eigenvalue weighted by Crippen LogP contribution is -2.48. The van der Waals surface area contributed by atoms with Crippen LogP contribution in [0.15, 0.2) is 72.8 Å². The minimum Gasteiger partial charge on any atom is -0.491 e. The Morgan fingerprint density at radius 1 is 0.355 bits per heavy atom. The number of carbonyl (C=O) groups is 4. The van der Waals surface area contributed by atoms with E-state index in [0.717, 1.165) is 50.9 Å². The van der Waals surface area contributed by atoms with Crippen molar-refractivity contribution in [3.63, 3.8) is 0 Å². The average Bonchev–Trinajstić information content (AvgIpc) is 0.693. The summed E-state index contributed by atoms with van der Waals surface area (Å²) in [5, 5.41) is 6.04. The van der Waals surface area contributed by atoms with Crippen LogP contribution in [0.2, 0.25) is 0 Å². The van der Waals surface area contributed by atoms with E-state index in [1.54, 1.807) is 31.4 Å². The molecule has 2 heterocycles. The number of aryl methyl sites for hydroxylation is 1. The van der Waals surface area contributed by atoms with Gasteiger partial charge in [0.05, 0.1) is 146 Å². The largest absolute Gasteiger partial charge is 0.491 e. The predicted molar refractivity (Wildman–Crippen MR) is 363 cm³/mol. The fourth-order valence-electron chi connectivity index (χ4n) is 12.1. The van der Waals surface area contributed by atoms with Gasteiger partial charge >= 0.3 is 0 Å². The maximum atomic E-state index is 14.5. The van der Waals surface area contributed by atoms with Gasteiger partial charge in [-0.1, -0.05) is 81.8 Å². The maximum Gasteiger partial charge on any atom is 0.261 e. The third-order valence-electron chi connectivity index (χ3n) is 17.4. The van der Waals surface area contributed by atoms with Gasteiger partial charge in [0.1, 0.15) is 12.4 Å². The Morgan fingerprint density at radius 3 is 1.05 bits per heavy atom. The lowest BCUT2D eigenvalue weighted by molar-refractivity contribution is -0.110. The highest BCUT2D eigenvalue weighted by Crippen LogP contribution is 2.46. The first-order chi connectivity index (χ1) is 44.8. The number of hydrogen-bond acceptors (Lipinski definition) is 16. The van der Waals surface area contributed by atoms with E-state index in [-0.39, 0.29) is 86.6 Å². The monoisotopic (exact) mass is 1290 g/mol. The quantitative estimate of drug-likeness (QED) is 0.0152. The summed E-state index contributed by atoms with van der Waals surface area (Å²) in [4.78, 5) is 60.6. The van der Waals surface area contributed by atoms with Gasteiger partial charge in [0.15, 0.2) is 0 Å². The number of rotatable bonds is 45. The standard InChI is InChI=1S/C75H104N2O16/c1-14-15-16-17-18-19-20-22-58-23-21-24-59(35-58)93-46-57(12)85-37-48(3)77-74(80)66-31-27-62-60-25-29-64-70-65(30-26-61(68(60)70)63-28-32-67(75(77)81)71(66)69(62)63)73(79)76(72(64)78)47(2)36-84-50(5)39-87-52(7)41-89-54(9)43-91-56(11)45-92-55(10)44-90-53(8)42-88-51(6)40-86-49(4)38-83-34-33-82-13/h21,23-32,35,47-57H,14-20,22,33-34,36-46H2,1-13H3. The Balaban J connectivity index is 0.764. The molecule has 6 aromatic carbocycles. The summed E-state index contributed by atoms with van der Waals surface area (Å²) in [7, 11) is 1.65. The van der Waals surface area contributed by atoms with E-state index >= 15 is 0 Å². The molecule has 4 amide bonds. The van der Waals surface area contributed by atoms with Gasteiger partial charge in [0.2, 0.25) is 0 Å². The minimum absolute atomic E-state index is 0.0364. The van der Waals surface area contributed by atoms with Crippen LogP contribution >= 0.6 is 0 Å². The summed E-state index contributed by atoms with van der Waals surface area (Å²) in [5.41, 5.74) is 2.97. The Labute approximate surface area is 551 Å². The summed E-state index contributed by atoms with van der Waals surface area (Å²) >= 11 is 0. The van der Waals surface area contributed by atoms with E-state index in [2.05, 4.69) is 19.1 Å². The van der Waals surface area contributed by atoms with Gasteiger partial charge in [0, 0.05) is 40.1 Å². The van der Waals surface area contributed by atoms with Crippen molar-refractivity contribution in [3.8, 4) is 5.75 Å². The van der Waals surface area contributed by atoms with Crippen molar-refractivity contribution in [2.24, 2.45) is 0 Å². The third-order valence-corrected chi connectivity index (χ3v) is 17.4. The van der Waals surface area contributed by atoms with E-state index in [0.29, 0.717) is 99.1 Å². The van der Waals surface area contributed by atoms with Crippen molar-refractivity contribution in [2.75, 3.05) is 93.0 Å². The summed E-state index contributed by atoms with van der Waals surface area (Å²) in [5.74, 6) is -0.776. The molecule has 18 heteroatoms.